The van der Waals surface area contributed by atoms with E-state index < -0.39 is 17.9 Å². The zero-order chi connectivity index (χ0) is 23.2. The second kappa shape index (κ2) is 21.0. The second-order valence-corrected chi connectivity index (χ2v) is 6.71. The van der Waals surface area contributed by atoms with Crippen molar-refractivity contribution in [1.82, 2.24) is 0 Å². The molecule has 1 aliphatic rings. The van der Waals surface area contributed by atoms with Crippen LogP contribution in [0.25, 0.3) is 0 Å². The summed E-state index contributed by atoms with van der Waals surface area (Å²) in [5.41, 5.74) is 0.488. The fraction of sp³-hybridized carbons (Fsp3) is 0.565. The van der Waals surface area contributed by atoms with Crippen LogP contribution in [0.1, 0.15) is 78.1 Å². The van der Waals surface area contributed by atoms with Gasteiger partial charge in [-0.2, -0.15) is 0 Å². The summed E-state index contributed by atoms with van der Waals surface area (Å²) in [6.45, 7) is 11.0. The minimum atomic E-state index is -0.981. The monoisotopic (exact) mass is 424 g/mol. The number of unbranched alkanes of at least 4 members (excludes halogenated alkanes) is 9. The molecule has 0 atom stereocenters. The van der Waals surface area contributed by atoms with Crippen LogP contribution in [0.2, 0.25) is 0 Å². The number of hydrogen-bond acceptors (Lipinski definition) is 6. The van der Waals surface area contributed by atoms with Crippen molar-refractivity contribution in [2.24, 2.45) is 0 Å². The molecule has 1 N–H and O–H groups in total. The SMILES string of the molecule is C=C(C)C(=O)OCCCCCCCCCCCC.C=CC(=O)O.O=C1C=CC(=O)O1. The maximum absolute atomic E-state index is 11.1. The lowest BCUT2D eigenvalue weighted by atomic mass is 10.1. The lowest BCUT2D eigenvalue weighted by Gasteiger charge is -2.04. The summed E-state index contributed by atoms with van der Waals surface area (Å²) < 4.78 is 9.01. The van der Waals surface area contributed by atoms with Gasteiger partial charge in [-0.25, -0.2) is 19.2 Å². The van der Waals surface area contributed by atoms with Crippen molar-refractivity contribution in [3.63, 3.8) is 0 Å². The molecular weight excluding hydrogens is 388 g/mol. The molecule has 0 saturated carbocycles. The number of carboxylic acids is 1. The van der Waals surface area contributed by atoms with Crippen LogP contribution < -0.4 is 0 Å². The number of cyclic esters (lactones) is 2. The van der Waals surface area contributed by atoms with Gasteiger partial charge >= 0.3 is 23.9 Å². The number of esters is 3. The molecule has 1 aliphatic heterocycles. The maximum Gasteiger partial charge on any atom is 0.338 e. The summed E-state index contributed by atoms with van der Waals surface area (Å²) in [7, 11) is 0. The first-order valence-corrected chi connectivity index (χ1v) is 10.4. The quantitative estimate of drug-likeness (QED) is 0.194. The van der Waals surface area contributed by atoms with Crippen LogP contribution in [-0.4, -0.2) is 35.6 Å². The number of rotatable bonds is 13. The standard InChI is InChI=1S/C16H30O2.C4H2O3.C3H4O2/c1-4-5-6-7-8-9-10-11-12-13-14-18-16(17)15(2)3;5-3-1-2-4(6)7-3;1-2-3(4)5/h2,4-14H2,1,3H3;1-2H;2H,1H2,(H,4,5). The van der Waals surface area contributed by atoms with Crippen molar-refractivity contribution in [3.05, 3.63) is 37.0 Å². The molecule has 0 fully saturated rings. The molecule has 0 bridgehead atoms. The van der Waals surface area contributed by atoms with Crippen LogP contribution in [0.4, 0.5) is 0 Å². The van der Waals surface area contributed by atoms with Crippen molar-refractivity contribution >= 4 is 23.9 Å². The minimum absolute atomic E-state index is 0.258. The van der Waals surface area contributed by atoms with Crippen LogP contribution in [0.3, 0.4) is 0 Å². The first kappa shape index (κ1) is 29.5. The van der Waals surface area contributed by atoms with Gasteiger partial charge in [-0.15, -0.1) is 0 Å². The average molecular weight is 425 g/mol. The first-order chi connectivity index (χ1) is 14.2. The van der Waals surface area contributed by atoms with Gasteiger partial charge in [-0.05, 0) is 13.3 Å². The summed E-state index contributed by atoms with van der Waals surface area (Å²) >= 11 is 0. The van der Waals surface area contributed by atoms with Crippen LogP contribution >= 0.6 is 0 Å². The normalized spacial score (nSPS) is 11.4. The van der Waals surface area contributed by atoms with Crippen LogP contribution in [0.5, 0.6) is 0 Å². The molecule has 0 amide bonds. The Morgan fingerprint density at radius 2 is 1.37 bits per heavy atom. The van der Waals surface area contributed by atoms with E-state index in [2.05, 4.69) is 24.8 Å². The molecule has 1 heterocycles. The summed E-state index contributed by atoms with van der Waals surface area (Å²) in [4.78, 5) is 40.2. The van der Waals surface area contributed by atoms with E-state index in [0.29, 0.717) is 12.2 Å². The Hall–Kier alpha value is -2.70. The van der Waals surface area contributed by atoms with E-state index in [-0.39, 0.29) is 5.97 Å². The van der Waals surface area contributed by atoms with Gasteiger partial charge in [0.2, 0.25) is 0 Å². The number of carbonyl (C=O) groups excluding carboxylic acids is 3. The van der Waals surface area contributed by atoms with Crippen molar-refractivity contribution in [1.29, 1.82) is 0 Å². The Bertz CT molecular complexity index is 560. The third kappa shape index (κ3) is 23.3. The van der Waals surface area contributed by atoms with E-state index >= 15 is 0 Å². The van der Waals surface area contributed by atoms with Crippen molar-refractivity contribution in [2.45, 2.75) is 78.1 Å². The molecule has 0 aliphatic carbocycles. The smallest absolute Gasteiger partial charge is 0.338 e. The summed E-state index contributed by atoms with van der Waals surface area (Å²) in [6.07, 6.45) is 16.0. The molecular formula is C23H36O7. The highest BCUT2D eigenvalue weighted by atomic mass is 16.6. The number of carboxylic acid groups (broad SMARTS) is 1. The molecule has 0 saturated heterocycles. The molecule has 7 nitrogen and oxygen atoms in total. The molecule has 0 aromatic heterocycles. The van der Waals surface area contributed by atoms with Gasteiger partial charge in [0.15, 0.2) is 0 Å². The van der Waals surface area contributed by atoms with E-state index in [4.69, 9.17) is 9.84 Å². The van der Waals surface area contributed by atoms with Crippen molar-refractivity contribution in [2.75, 3.05) is 6.61 Å². The molecule has 0 aromatic rings. The zero-order valence-electron chi connectivity index (χ0n) is 18.3. The van der Waals surface area contributed by atoms with Gasteiger partial charge in [-0.3, -0.25) is 0 Å². The summed E-state index contributed by atoms with van der Waals surface area (Å²) in [5, 5.41) is 7.60. The van der Waals surface area contributed by atoms with E-state index in [0.717, 1.165) is 24.6 Å². The molecule has 0 aromatic carbocycles. The van der Waals surface area contributed by atoms with Crippen molar-refractivity contribution in [3.8, 4) is 0 Å². The predicted molar refractivity (Wildman–Crippen MR) is 116 cm³/mol. The largest absolute Gasteiger partial charge is 0.478 e. The van der Waals surface area contributed by atoms with E-state index in [1.807, 2.05) is 0 Å². The molecule has 170 valence electrons. The Morgan fingerprint density at radius 3 is 1.67 bits per heavy atom. The molecule has 0 radical (unpaired) electrons. The van der Waals surface area contributed by atoms with Gasteiger partial charge in [0, 0.05) is 23.8 Å². The van der Waals surface area contributed by atoms with Gasteiger partial charge in [0.05, 0.1) is 6.61 Å². The highest BCUT2D eigenvalue weighted by molar-refractivity contribution is 6.04. The first-order valence-electron chi connectivity index (χ1n) is 10.4. The van der Waals surface area contributed by atoms with Gasteiger partial charge in [0.1, 0.15) is 0 Å². The topological polar surface area (TPSA) is 107 Å². The Labute approximate surface area is 179 Å². The fourth-order valence-corrected chi connectivity index (χ4v) is 2.18. The maximum atomic E-state index is 11.1. The average Bonchev–Trinajstić information content (AvgIpc) is 3.09. The number of aliphatic carboxylic acids is 1. The van der Waals surface area contributed by atoms with E-state index in [9.17, 15) is 19.2 Å². The van der Waals surface area contributed by atoms with E-state index in [1.165, 1.54) is 57.8 Å². The Kier molecular flexibility index (Phi) is 20.7. The molecule has 0 unspecified atom stereocenters. The lowest BCUT2D eigenvalue weighted by molar-refractivity contribution is -0.150. The van der Waals surface area contributed by atoms with Crippen molar-refractivity contribution < 1.29 is 33.8 Å². The number of ether oxygens (including phenoxy) is 2. The lowest BCUT2D eigenvalue weighted by Crippen LogP contribution is -2.05. The predicted octanol–water partition coefficient (Wildman–Crippen LogP) is 4.91. The van der Waals surface area contributed by atoms with Crippen LogP contribution in [-0.2, 0) is 28.7 Å². The Morgan fingerprint density at radius 1 is 0.967 bits per heavy atom. The highest BCUT2D eigenvalue weighted by Crippen LogP contribution is 2.10. The van der Waals surface area contributed by atoms with Crippen LogP contribution in [0, 0.1) is 0 Å². The summed E-state index contributed by atoms with van der Waals surface area (Å²) in [6, 6.07) is 0. The zero-order valence-corrected chi connectivity index (χ0v) is 18.3. The van der Waals surface area contributed by atoms with Crippen LogP contribution in [0.15, 0.2) is 37.0 Å². The third-order valence-corrected chi connectivity index (χ3v) is 3.81. The Balaban J connectivity index is 0. The number of carbonyl (C=O) groups is 4. The third-order valence-electron chi connectivity index (χ3n) is 3.81. The second-order valence-electron chi connectivity index (χ2n) is 6.71. The summed E-state index contributed by atoms with van der Waals surface area (Å²) in [5.74, 6) is -2.40. The van der Waals surface area contributed by atoms with Gasteiger partial charge in [0.25, 0.3) is 0 Å². The molecule has 0 spiro atoms. The van der Waals surface area contributed by atoms with Gasteiger partial charge < -0.3 is 14.6 Å². The fourth-order valence-electron chi connectivity index (χ4n) is 2.18. The molecule has 30 heavy (non-hydrogen) atoms. The molecule has 7 heteroatoms. The molecule has 1 rings (SSSR count). The van der Waals surface area contributed by atoms with E-state index in [1.54, 1.807) is 6.92 Å². The number of hydrogen-bond donors (Lipinski definition) is 1. The highest BCUT2D eigenvalue weighted by Gasteiger charge is 2.10. The van der Waals surface area contributed by atoms with Gasteiger partial charge in [-0.1, -0.05) is 77.9 Å². The minimum Gasteiger partial charge on any atom is -0.478 e.